The third kappa shape index (κ3) is 3.33. The van der Waals surface area contributed by atoms with Gasteiger partial charge in [0, 0.05) is 0 Å². The number of hydrogen-bond acceptors (Lipinski definition) is 3. The van der Waals surface area contributed by atoms with Crippen molar-refractivity contribution < 1.29 is 14.6 Å². The molecule has 0 radical (unpaired) electrons. The van der Waals surface area contributed by atoms with Crippen molar-refractivity contribution in [2.24, 2.45) is 11.8 Å². The second kappa shape index (κ2) is 6.01. The lowest BCUT2D eigenvalue weighted by Crippen LogP contribution is -2.30. The van der Waals surface area contributed by atoms with Crippen molar-refractivity contribution in [3.8, 4) is 0 Å². The van der Waals surface area contributed by atoms with Crippen molar-refractivity contribution in [2.75, 3.05) is 0 Å². The molecule has 1 aliphatic carbocycles. The minimum Gasteiger partial charge on any atom is -0.293 e. The van der Waals surface area contributed by atoms with Crippen LogP contribution in [-0.2, 0) is 9.78 Å². The van der Waals surface area contributed by atoms with Crippen LogP contribution in [0.25, 0.3) is 0 Å². The van der Waals surface area contributed by atoms with Crippen LogP contribution in [0.3, 0.4) is 0 Å². The van der Waals surface area contributed by atoms with E-state index in [0.29, 0.717) is 17.4 Å². The maximum Gasteiger partial charge on any atom is 0.373 e. The Bertz CT molecular complexity index is 388. The van der Waals surface area contributed by atoms with Crippen LogP contribution in [0.5, 0.6) is 0 Å². The molecular formula is C15H20O3. The molecule has 3 unspecified atom stereocenters. The monoisotopic (exact) mass is 248 g/mol. The molecule has 0 N–H and O–H groups in total. The second-order valence-electron chi connectivity index (χ2n) is 5.27. The summed E-state index contributed by atoms with van der Waals surface area (Å²) in [4.78, 5) is 22.0. The molecule has 1 aliphatic rings. The van der Waals surface area contributed by atoms with E-state index in [4.69, 9.17) is 9.78 Å². The predicted octanol–water partition coefficient (Wildman–Crippen LogP) is 3.60. The highest BCUT2D eigenvalue weighted by Crippen LogP contribution is 2.30. The first kappa shape index (κ1) is 13.1. The van der Waals surface area contributed by atoms with E-state index in [1.807, 2.05) is 18.2 Å². The van der Waals surface area contributed by atoms with Crippen LogP contribution in [0, 0.1) is 11.8 Å². The molecule has 0 bridgehead atoms. The fourth-order valence-corrected chi connectivity index (χ4v) is 2.34. The summed E-state index contributed by atoms with van der Waals surface area (Å²) in [6.45, 7) is 4.36. The van der Waals surface area contributed by atoms with Crippen LogP contribution < -0.4 is 0 Å². The quantitative estimate of drug-likeness (QED) is 0.605. The van der Waals surface area contributed by atoms with E-state index in [2.05, 4.69) is 13.8 Å². The summed E-state index contributed by atoms with van der Waals surface area (Å²) in [7, 11) is 0. The summed E-state index contributed by atoms with van der Waals surface area (Å²) in [6, 6.07) is 8.92. The Kier molecular flexibility index (Phi) is 4.37. The summed E-state index contributed by atoms with van der Waals surface area (Å²) in [5.74, 6) is 0.674. The van der Waals surface area contributed by atoms with Gasteiger partial charge in [-0.1, -0.05) is 38.5 Å². The first-order valence-electron chi connectivity index (χ1n) is 6.59. The molecule has 0 heterocycles. The van der Waals surface area contributed by atoms with Crippen LogP contribution in [-0.4, -0.2) is 12.1 Å². The Morgan fingerprint density at radius 3 is 2.61 bits per heavy atom. The lowest BCUT2D eigenvalue weighted by Gasteiger charge is -2.30. The molecule has 1 saturated carbocycles. The molecule has 1 fully saturated rings. The van der Waals surface area contributed by atoms with Crippen molar-refractivity contribution in [1.82, 2.24) is 0 Å². The van der Waals surface area contributed by atoms with E-state index in [-0.39, 0.29) is 6.10 Å². The maximum absolute atomic E-state index is 11.7. The fourth-order valence-electron chi connectivity index (χ4n) is 2.34. The smallest absolute Gasteiger partial charge is 0.293 e. The van der Waals surface area contributed by atoms with E-state index in [9.17, 15) is 4.79 Å². The van der Waals surface area contributed by atoms with Crippen molar-refractivity contribution in [3.05, 3.63) is 35.9 Å². The molecule has 0 aromatic heterocycles. The summed E-state index contributed by atoms with van der Waals surface area (Å²) in [5.41, 5.74) is 0.522. The van der Waals surface area contributed by atoms with Crippen LogP contribution >= 0.6 is 0 Å². The number of rotatable bonds is 3. The van der Waals surface area contributed by atoms with Crippen molar-refractivity contribution in [1.29, 1.82) is 0 Å². The van der Waals surface area contributed by atoms with Crippen LogP contribution in [0.15, 0.2) is 30.3 Å². The van der Waals surface area contributed by atoms with Gasteiger partial charge in [-0.15, -0.1) is 0 Å². The molecule has 0 aliphatic heterocycles. The van der Waals surface area contributed by atoms with Crippen LogP contribution in [0.4, 0.5) is 0 Å². The topological polar surface area (TPSA) is 35.5 Å². The van der Waals surface area contributed by atoms with Gasteiger partial charge in [-0.25, -0.2) is 4.79 Å². The number of hydrogen-bond donors (Lipinski definition) is 0. The third-order valence-electron chi connectivity index (χ3n) is 3.64. The summed E-state index contributed by atoms with van der Waals surface area (Å²) in [6.07, 6.45) is 3.35. The van der Waals surface area contributed by atoms with Gasteiger partial charge in [0.15, 0.2) is 0 Å². The SMILES string of the molecule is CC1CCC(C)C(OOC(=O)c2ccccc2)C1. The van der Waals surface area contributed by atoms with Gasteiger partial charge in [-0.2, -0.15) is 4.89 Å². The minimum absolute atomic E-state index is 0.0291. The summed E-state index contributed by atoms with van der Waals surface area (Å²) >= 11 is 0. The summed E-state index contributed by atoms with van der Waals surface area (Å²) in [5, 5.41) is 0. The molecule has 0 spiro atoms. The molecular weight excluding hydrogens is 228 g/mol. The Hall–Kier alpha value is -1.35. The third-order valence-corrected chi connectivity index (χ3v) is 3.64. The first-order valence-corrected chi connectivity index (χ1v) is 6.59. The molecule has 3 atom stereocenters. The number of carbonyl (C=O) groups is 1. The maximum atomic E-state index is 11.7. The van der Waals surface area contributed by atoms with Crippen molar-refractivity contribution >= 4 is 5.97 Å². The zero-order valence-corrected chi connectivity index (χ0v) is 11.0. The fraction of sp³-hybridized carbons (Fsp3) is 0.533. The van der Waals surface area contributed by atoms with Gasteiger partial charge < -0.3 is 0 Å². The van der Waals surface area contributed by atoms with Gasteiger partial charge >= 0.3 is 5.97 Å². The molecule has 1 aromatic rings. The van der Waals surface area contributed by atoms with E-state index in [0.717, 1.165) is 12.8 Å². The van der Waals surface area contributed by atoms with Gasteiger partial charge in [0.05, 0.1) is 5.56 Å². The predicted molar refractivity (Wildman–Crippen MR) is 68.9 cm³/mol. The first-order chi connectivity index (χ1) is 8.66. The molecule has 0 saturated heterocycles. The second-order valence-corrected chi connectivity index (χ2v) is 5.27. The average molecular weight is 248 g/mol. The van der Waals surface area contributed by atoms with Crippen molar-refractivity contribution in [3.63, 3.8) is 0 Å². The highest BCUT2D eigenvalue weighted by molar-refractivity contribution is 5.88. The van der Waals surface area contributed by atoms with Gasteiger partial charge in [0.2, 0.25) is 0 Å². The molecule has 98 valence electrons. The Labute approximate surface area is 108 Å². The lowest BCUT2D eigenvalue weighted by atomic mass is 9.82. The normalized spacial score (nSPS) is 27.8. The Morgan fingerprint density at radius 1 is 1.17 bits per heavy atom. The Morgan fingerprint density at radius 2 is 1.89 bits per heavy atom. The molecule has 3 nitrogen and oxygen atoms in total. The minimum atomic E-state index is -0.416. The van der Waals surface area contributed by atoms with E-state index < -0.39 is 5.97 Å². The molecule has 2 rings (SSSR count). The highest BCUT2D eigenvalue weighted by atomic mass is 17.2. The average Bonchev–Trinajstić information content (AvgIpc) is 2.40. The molecule has 3 heteroatoms. The Balaban J connectivity index is 1.86. The van der Waals surface area contributed by atoms with Gasteiger partial charge in [-0.05, 0) is 36.8 Å². The molecule has 18 heavy (non-hydrogen) atoms. The van der Waals surface area contributed by atoms with Crippen molar-refractivity contribution in [2.45, 2.75) is 39.2 Å². The van der Waals surface area contributed by atoms with E-state index >= 15 is 0 Å². The largest absolute Gasteiger partial charge is 0.373 e. The van der Waals surface area contributed by atoms with E-state index in [1.165, 1.54) is 6.42 Å². The van der Waals surface area contributed by atoms with Gasteiger partial charge in [-0.3, -0.25) is 4.89 Å². The molecule has 1 aromatic carbocycles. The van der Waals surface area contributed by atoms with Crippen LogP contribution in [0.2, 0.25) is 0 Å². The number of carbonyl (C=O) groups excluding carboxylic acids is 1. The van der Waals surface area contributed by atoms with Crippen LogP contribution in [0.1, 0.15) is 43.5 Å². The highest BCUT2D eigenvalue weighted by Gasteiger charge is 2.28. The lowest BCUT2D eigenvalue weighted by molar-refractivity contribution is -0.291. The summed E-state index contributed by atoms with van der Waals surface area (Å²) < 4.78 is 0. The zero-order valence-electron chi connectivity index (χ0n) is 11.0. The number of benzene rings is 1. The van der Waals surface area contributed by atoms with Gasteiger partial charge in [0.25, 0.3) is 0 Å². The molecule has 0 amide bonds. The standard InChI is InChI=1S/C15H20O3/c1-11-8-9-12(2)14(10-11)17-18-15(16)13-6-4-3-5-7-13/h3-7,11-12,14H,8-10H2,1-2H3. The zero-order chi connectivity index (χ0) is 13.0. The van der Waals surface area contributed by atoms with Gasteiger partial charge in [0.1, 0.15) is 6.10 Å². The van der Waals surface area contributed by atoms with E-state index in [1.54, 1.807) is 12.1 Å².